The maximum Gasteiger partial charge on any atom is 0.345 e. The van der Waals surface area contributed by atoms with Gasteiger partial charge in [-0.25, -0.2) is 4.79 Å². The molecule has 3 atom stereocenters. The van der Waals surface area contributed by atoms with Crippen LogP contribution in [0.2, 0.25) is 0 Å². The number of alkyl halides is 4. The number of carboxylic acids is 1. The molecule has 9 nitrogen and oxygen atoms in total. The van der Waals surface area contributed by atoms with Gasteiger partial charge >= 0.3 is 19.2 Å². The molecular formula is C14H23F4N3O6. The van der Waals surface area contributed by atoms with Gasteiger partial charge in [-0.05, 0) is 12.3 Å². The molecule has 158 valence electrons. The van der Waals surface area contributed by atoms with E-state index in [1.807, 2.05) is 5.32 Å². The number of ether oxygens (including phenoxy) is 2. The van der Waals surface area contributed by atoms with Crippen LogP contribution in [0.3, 0.4) is 0 Å². The molecule has 0 fully saturated rings. The molecule has 0 aliphatic rings. The lowest BCUT2D eigenvalue weighted by Gasteiger charge is -2.24. The SMILES string of the molecule is CC(C)C[C@H](NC(=O)[C@@H](N)COC(F)F)C(=O)N[C@@H](COC(F)F)C(=O)O. The molecule has 0 rings (SSSR count). The molecule has 0 radical (unpaired) electrons. The molecular weight excluding hydrogens is 382 g/mol. The molecule has 0 aliphatic carbocycles. The summed E-state index contributed by atoms with van der Waals surface area (Å²) >= 11 is 0. The van der Waals surface area contributed by atoms with Crippen LogP contribution in [-0.2, 0) is 23.9 Å². The van der Waals surface area contributed by atoms with Crippen molar-refractivity contribution in [1.82, 2.24) is 10.6 Å². The highest BCUT2D eigenvalue weighted by molar-refractivity contribution is 5.91. The van der Waals surface area contributed by atoms with E-state index in [0.29, 0.717) is 0 Å². The molecule has 0 aromatic heterocycles. The average molecular weight is 405 g/mol. The lowest BCUT2D eigenvalue weighted by atomic mass is 10.0. The van der Waals surface area contributed by atoms with E-state index < -0.39 is 62.3 Å². The van der Waals surface area contributed by atoms with Crippen molar-refractivity contribution in [2.24, 2.45) is 11.7 Å². The van der Waals surface area contributed by atoms with Crippen molar-refractivity contribution in [2.75, 3.05) is 13.2 Å². The Kier molecular flexibility index (Phi) is 11.5. The van der Waals surface area contributed by atoms with Crippen molar-refractivity contribution < 1.29 is 46.5 Å². The second-order valence-corrected chi connectivity index (χ2v) is 5.88. The van der Waals surface area contributed by atoms with E-state index in [1.54, 1.807) is 13.8 Å². The Labute approximate surface area is 152 Å². The van der Waals surface area contributed by atoms with Crippen LogP contribution in [0.1, 0.15) is 20.3 Å². The molecule has 0 unspecified atom stereocenters. The predicted molar refractivity (Wildman–Crippen MR) is 82.8 cm³/mol. The standard InChI is InChI=1S/C14H23F4N3O6/c1-6(2)3-8(20-10(22)7(19)4-26-13(15)16)11(23)21-9(12(24)25)5-27-14(17)18/h6-9,13-14H,3-5,19H2,1-2H3,(H,20,22)(H,21,23)(H,24,25)/t7-,8-,9-/m0/s1. The zero-order chi connectivity index (χ0) is 21.1. The van der Waals surface area contributed by atoms with Gasteiger partial charge in [0, 0.05) is 0 Å². The third kappa shape index (κ3) is 11.4. The molecule has 2 amide bonds. The van der Waals surface area contributed by atoms with Crippen LogP contribution in [0.15, 0.2) is 0 Å². The van der Waals surface area contributed by atoms with Gasteiger partial charge in [0.1, 0.15) is 12.1 Å². The minimum absolute atomic E-state index is 0.0437. The molecule has 27 heavy (non-hydrogen) atoms. The smallest absolute Gasteiger partial charge is 0.345 e. The fourth-order valence-electron chi connectivity index (χ4n) is 1.85. The second-order valence-electron chi connectivity index (χ2n) is 5.88. The first-order valence-electron chi connectivity index (χ1n) is 7.82. The summed E-state index contributed by atoms with van der Waals surface area (Å²) in [5.41, 5.74) is 5.38. The molecule has 0 heterocycles. The summed E-state index contributed by atoms with van der Waals surface area (Å²) < 4.78 is 55.8. The third-order valence-electron chi connectivity index (χ3n) is 3.08. The maximum absolute atomic E-state index is 12.2. The number of halogens is 4. The Hall–Kier alpha value is -1.99. The van der Waals surface area contributed by atoms with Crippen LogP contribution in [0.5, 0.6) is 0 Å². The fourth-order valence-corrected chi connectivity index (χ4v) is 1.85. The monoisotopic (exact) mass is 405 g/mol. The Balaban J connectivity index is 4.96. The van der Waals surface area contributed by atoms with Crippen molar-refractivity contribution in [3.05, 3.63) is 0 Å². The highest BCUT2D eigenvalue weighted by atomic mass is 19.3. The minimum Gasteiger partial charge on any atom is -0.480 e. The number of rotatable bonds is 13. The first kappa shape index (κ1) is 25.0. The molecule has 0 saturated carbocycles. The fraction of sp³-hybridized carbons (Fsp3) is 0.786. The summed E-state index contributed by atoms with van der Waals surface area (Å²) in [6, 6.07) is -4.56. The average Bonchev–Trinajstić information content (AvgIpc) is 2.54. The predicted octanol–water partition coefficient (Wildman–Crippen LogP) is -0.108. The normalized spacial score (nSPS) is 14.9. The number of hydrogen-bond donors (Lipinski definition) is 4. The molecule has 0 saturated heterocycles. The van der Waals surface area contributed by atoms with Gasteiger partial charge in [-0.15, -0.1) is 0 Å². The Bertz CT molecular complexity index is 495. The summed E-state index contributed by atoms with van der Waals surface area (Å²) in [7, 11) is 0. The molecule has 5 N–H and O–H groups in total. The summed E-state index contributed by atoms with van der Waals surface area (Å²) in [6.07, 6.45) is 0.0437. The lowest BCUT2D eigenvalue weighted by molar-refractivity contribution is -0.156. The molecule has 13 heteroatoms. The van der Waals surface area contributed by atoms with Crippen LogP contribution in [-0.4, -0.2) is 67.5 Å². The Morgan fingerprint density at radius 3 is 1.85 bits per heavy atom. The topological polar surface area (TPSA) is 140 Å². The molecule has 0 aromatic carbocycles. The van der Waals surface area contributed by atoms with Gasteiger partial charge in [-0.1, -0.05) is 13.8 Å². The quantitative estimate of drug-likeness (QED) is 0.314. The minimum atomic E-state index is -3.23. The zero-order valence-electron chi connectivity index (χ0n) is 14.7. The van der Waals surface area contributed by atoms with Gasteiger partial charge in [-0.3, -0.25) is 9.59 Å². The van der Waals surface area contributed by atoms with Gasteiger partial charge in [0.05, 0.1) is 13.2 Å². The number of carboxylic acid groups (broad SMARTS) is 1. The Morgan fingerprint density at radius 1 is 0.926 bits per heavy atom. The van der Waals surface area contributed by atoms with E-state index in [1.165, 1.54) is 0 Å². The van der Waals surface area contributed by atoms with Crippen LogP contribution in [0, 0.1) is 5.92 Å². The summed E-state index contributed by atoms with van der Waals surface area (Å²) in [5, 5.41) is 13.1. The van der Waals surface area contributed by atoms with E-state index >= 15 is 0 Å². The zero-order valence-corrected chi connectivity index (χ0v) is 14.7. The number of amides is 2. The third-order valence-corrected chi connectivity index (χ3v) is 3.08. The molecule has 0 spiro atoms. The number of carbonyl (C=O) groups excluding carboxylic acids is 2. The number of hydrogen-bond acceptors (Lipinski definition) is 6. The van der Waals surface area contributed by atoms with Crippen molar-refractivity contribution in [3.8, 4) is 0 Å². The highest BCUT2D eigenvalue weighted by Gasteiger charge is 2.29. The number of aliphatic carboxylic acids is 1. The van der Waals surface area contributed by atoms with Crippen LogP contribution in [0.25, 0.3) is 0 Å². The summed E-state index contributed by atoms with van der Waals surface area (Å²) in [6.45, 7) is -4.78. The van der Waals surface area contributed by atoms with Crippen LogP contribution >= 0.6 is 0 Å². The van der Waals surface area contributed by atoms with Crippen molar-refractivity contribution in [2.45, 2.75) is 51.6 Å². The molecule has 0 aromatic rings. The van der Waals surface area contributed by atoms with Gasteiger partial charge < -0.3 is 30.9 Å². The summed E-state index contributed by atoms with van der Waals surface area (Å²) in [4.78, 5) is 35.2. The maximum atomic E-state index is 12.2. The van der Waals surface area contributed by atoms with Gasteiger partial charge in [-0.2, -0.15) is 17.6 Å². The van der Waals surface area contributed by atoms with Crippen molar-refractivity contribution in [1.29, 1.82) is 0 Å². The van der Waals surface area contributed by atoms with Crippen molar-refractivity contribution >= 4 is 17.8 Å². The van der Waals surface area contributed by atoms with E-state index in [4.69, 9.17) is 10.8 Å². The van der Waals surface area contributed by atoms with E-state index in [-0.39, 0.29) is 12.3 Å². The largest absolute Gasteiger partial charge is 0.480 e. The second kappa shape index (κ2) is 12.4. The van der Waals surface area contributed by atoms with Gasteiger partial charge in [0.25, 0.3) is 0 Å². The van der Waals surface area contributed by atoms with Gasteiger partial charge in [0.2, 0.25) is 11.8 Å². The van der Waals surface area contributed by atoms with E-state index in [2.05, 4.69) is 14.8 Å². The first-order valence-corrected chi connectivity index (χ1v) is 7.82. The number of carbonyl (C=O) groups is 3. The molecule has 0 aliphatic heterocycles. The van der Waals surface area contributed by atoms with E-state index in [0.717, 1.165) is 0 Å². The lowest BCUT2D eigenvalue weighted by Crippen LogP contribution is -2.56. The summed E-state index contributed by atoms with van der Waals surface area (Å²) in [5.74, 6) is -3.73. The van der Waals surface area contributed by atoms with E-state index in [9.17, 15) is 31.9 Å². The van der Waals surface area contributed by atoms with Crippen LogP contribution in [0.4, 0.5) is 17.6 Å². The Morgan fingerprint density at radius 2 is 1.41 bits per heavy atom. The first-order chi connectivity index (χ1) is 12.4. The van der Waals surface area contributed by atoms with Crippen LogP contribution < -0.4 is 16.4 Å². The number of nitrogens with two attached hydrogens (primary N) is 1. The molecule has 0 bridgehead atoms. The number of nitrogens with one attached hydrogen (secondary N) is 2. The van der Waals surface area contributed by atoms with Crippen molar-refractivity contribution in [3.63, 3.8) is 0 Å². The van der Waals surface area contributed by atoms with Gasteiger partial charge in [0.15, 0.2) is 6.04 Å². The highest BCUT2D eigenvalue weighted by Crippen LogP contribution is 2.07.